The standard InChI is InChI=1S/C26H29N3O/c1-19-8-10-22(11-9-19)26(30)27-18-25(21-12-14-23(15-13-21)28(2)3)29-17-16-20-6-4-5-7-24(20)29/h4-15,25H,16-18H2,1-3H3,(H,27,30). The first-order valence-corrected chi connectivity index (χ1v) is 10.5. The molecule has 0 aliphatic carbocycles. The first-order valence-electron chi connectivity index (χ1n) is 10.5. The molecule has 0 bridgehead atoms. The van der Waals surface area contributed by atoms with Gasteiger partial charge in [-0.05, 0) is 54.8 Å². The lowest BCUT2D eigenvalue weighted by Crippen LogP contribution is -2.37. The molecule has 154 valence electrons. The second-order valence-electron chi connectivity index (χ2n) is 8.15. The van der Waals surface area contributed by atoms with Gasteiger partial charge in [0.25, 0.3) is 5.91 Å². The number of anilines is 2. The summed E-state index contributed by atoms with van der Waals surface area (Å²) in [7, 11) is 4.09. The lowest BCUT2D eigenvalue weighted by molar-refractivity contribution is 0.0951. The first-order chi connectivity index (χ1) is 14.5. The number of carbonyl (C=O) groups is 1. The Morgan fingerprint density at radius 1 is 1.00 bits per heavy atom. The van der Waals surface area contributed by atoms with Crippen LogP contribution in [0.1, 0.15) is 33.1 Å². The fraction of sp³-hybridized carbons (Fsp3) is 0.269. The molecule has 1 unspecified atom stereocenters. The summed E-state index contributed by atoms with van der Waals surface area (Å²) in [5.41, 5.74) is 6.87. The largest absolute Gasteiger partial charge is 0.378 e. The number of nitrogens with one attached hydrogen (secondary N) is 1. The average molecular weight is 400 g/mol. The molecule has 4 nitrogen and oxygen atoms in total. The van der Waals surface area contributed by atoms with Gasteiger partial charge < -0.3 is 15.1 Å². The molecule has 1 atom stereocenters. The van der Waals surface area contributed by atoms with Crippen LogP contribution < -0.4 is 15.1 Å². The van der Waals surface area contributed by atoms with E-state index in [9.17, 15) is 4.79 Å². The van der Waals surface area contributed by atoms with E-state index in [4.69, 9.17) is 0 Å². The smallest absolute Gasteiger partial charge is 0.251 e. The molecule has 4 rings (SSSR count). The van der Waals surface area contributed by atoms with Crippen molar-refractivity contribution in [2.45, 2.75) is 19.4 Å². The summed E-state index contributed by atoms with van der Waals surface area (Å²) in [5.74, 6) is -0.0302. The van der Waals surface area contributed by atoms with Crippen LogP contribution in [-0.2, 0) is 6.42 Å². The summed E-state index contributed by atoms with van der Waals surface area (Å²) < 4.78 is 0. The first kappa shape index (κ1) is 20.0. The normalized spacial score (nSPS) is 13.6. The number of aryl methyl sites for hydroxylation is 1. The van der Waals surface area contributed by atoms with Crippen LogP contribution in [-0.4, -0.2) is 33.1 Å². The van der Waals surface area contributed by atoms with Crippen molar-refractivity contribution < 1.29 is 4.79 Å². The highest BCUT2D eigenvalue weighted by atomic mass is 16.1. The van der Waals surface area contributed by atoms with Gasteiger partial charge >= 0.3 is 0 Å². The number of rotatable bonds is 6. The number of hydrogen-bond acceptors (Lipinski definition) is 3. The number of amides is 1. The maximum Gasteiger partial charge on any atom is 0.251 e. The number of carbonyl (C=O) groups excluding carboxylic acids is 1. The fourth-order valence-electron chi connectivity index (χ4n) is 4.09. The Morgan fingerprint density at radius 3 is 2.40 bits per heavy atom. The van der Waals surface area contributed by atoms with Gasteiger partial charge in [-0.15, -0.1) is 0 Å². The van der Waals surface area contributed by atoms with E-state index in [0.29, 0.717) is 12.1 Å². The van der Waals surface area contributed by atoms with Crippen molar-refractivity contribution in [3.63, 3.8) is 0 Å². The van der Waals surface area contributed by atoms with Crippen molar-refractivity contribution in [1.29, 1.82) is 0 Å². The molecule has 0 spiro atoms. The van der Waals surface area contributed by atoms with Crippen molar-refractivity contribution in [3.8, 4) is 0 Å². The molecule has 0 radical (unpaired) electrons. The minimum Gasteiger partial charge on any atom is -0.378 e. The highest BCUT2D eigenvalue weighted by molar-refractivity contribution is 5.94. The van der Waals surface area contributed by atoms with Gasteiger partial charge in [0, 0.05) is 44.1 Å². The van der Waals surface area contributed by atoms with Gasteiger partial charge in [-0.2, -0.15) is 0 Å². The average Bonchev–Trinajstić information content (AvgIpc) is 3.19. The lowest BCUT2D eigenvalue weighted by atomic mass is 10.0. The Bertz CT molecular complexity index is 1010. The van der Waals surface area contributed by atoms with E-state index < -0.39 is 0 Å². The molecular weight excluding hydrogens is 370 g/mol. The summed E-state index contributed by atoms with van der Waals surface area (Å²) >= 11 is 0. The summed E-state index contributed by atoms with van der Waals surface area (Å²) in [6, 6.07) is 25.0. The monoisotopic (exact) mass is 399 g/mol. The maximum absolute atomic E-state index is 12.8. The third-order valence-corrected chi connectivity index (χ3v) is 5.86. The van der Waals surface area contributed by atoms with Gasteiger partial charge in [0.1, 0.15) is 0 Å². The van der Waals surface area contributed by atoms with E-state index in [1.807, 2.05) is 45.3 Å². The van der Waals surface area contributed by atoms with Gasteiger partial charge in [0.05, 0.1) is 6.04 Å². The molecule has 1 heterocycles. The molecule has 3 aromatic carbocycles. The van der Waals surface area contributed by atoms with Crippen LogP contribution in [0.2, 0.25) is 0 Å². The van der Waals surface area contributed by atoms with E-state index >= 15 is 0 Å². The van der Waals surface area contributed by atoms with E-state index in [-0.39, 0.29) is 11.9 Å². The molecule has 1 aliphatic rings. The van der Waals surface area contributed by atoms with E-state index in [1.54, 1.807) is 0 Å². The fourth-order valence-corrected chi connectivity index (χ4v) is 4.09. The van der Waals surface area contributed by atoms with Crippen LogP contribution >= 0.6 is 0 Å². The minimum atomic E-state index is -0.0302. The van der Waals surface area contributed by atoms with Crippen molar-refractivity contribution in [1.82, 2.24) is 5.32 Å². The van der Waals surface area contributed by atoms with Gasteiger partial charge in [-0.3, -0.25) is 4.79 Å². The van der Waals surface area contributed by atoms with Crippen LogP contribution in [0.15, 0.2) is 72.8 Å². The molecule has 0 aromatic heterocycles. The van der Waals surface area contributed by atoms with Gasteiger partial charge in [-0.1, -0.05) is 48.0 Å². The predicted octanol–water partition coefficient (Wildman–Crippen LogP) is 4.59. The Balaban J connectivity index is 1.59. The summed E-state index contributed by atoms with van der Waals surface area (Å²) in [6.07, 6.45) is 1.04. The SMILES string of the molecule is Cc1ccc(C(=O)NCC(c2ccc(N(C)C)cc2)N2CCc3ccccc32)cc1. The molecule has 1 N–H and O–H groups in total. The number of nitrogens with zero attached hydrogens (tertiary/aromatic N) is 2. The predicted molar refractivity (Wildman–Crippen MR) is 125 cm³/mol. The van der Waals surface area contributed by atoms with E-state index in [1.165, 1.54) is 22.5 Å². The third-order valence-electron chi connectivity index (χ3n) is 5.86. The number of fused-ring (bicyclic) bond motifs is 1. The molecule has 30 heavy (non-hydrogen) atoms. The Hall–Kier alpha value is -3.27. The van der Waals surface area contributed by atoms with E-state index in [2.05, 4.69) is 63.6 Å². The van der Waals surface area contributed by atoms with Crippen LogP contribution in [0.5, 0.6) is 0 Å². The maximum atomic E-state index is 12.8. The van der Waals surface area contributed by atoms with Crippen LogP contribution in [0.25, 0.3) is 0 Å². The Morgan fingerprint density at radius 2 is 1.70 bits per heavy atom. The second-order valence-corrected chi connectivity index (χ2v) is 8.15. The molecule has 1 amide bonds. The zero-order valence-electron chi connectivity index (χ0n) is 17.9. The number of benzene rings is 3. The molecule has 0 saturated carbocycles. The van der Waals surface area contributed by atoms with E-state index in [0.717, 1.165) is 18.5 Å². The van der Waals surface area contributed by atoms with Crippen LogP contribution in [0, 0.1) is 6.92 Å². The lowest BCUT2D eigenvalue weighted by Gasteiger charge is -2.31. The number of para-hydroxylation sites is 1. The zero-order chi connectivity index (χ0) is 21.1. The number of hydrogen-bond donors (Lipinski definition) is 1. The molecule has 0 saturated heterocycles. The molecule has 4 heteroatoms. The Kier molecular flexibility index (Phi) is 5.75. The second kappa shape index (κ2) is 8.62. The molecule has 1 aliphatic heterocycles. The van der Waals surface area contributed by atoms with Crippen molar-refractivity contribution in [2.24, 2.45) is 0 Å². The van der Waals surface area contributed by atoms with Crippen LogP contribution in [0.3, 0.4) is 0 Å². The summed E-state index contributed by atoms with van der Waals surface area (Å²) in [4.78, 5) is 17.3. The topological polar surface area (TPSA) is 35.6 Å². The quantitative estimate of drug-likeness (QED) is 0.658. The Labute approximate surface area is 179 Å². The highest BCUT2D eigenvalue weighted by Crippen LogP contribution is 2.35. The highest BCUT2D eigenvalue weighted by Gasteiger charge is 2.27. The van der Waals surface area contributed by atoms with Gasteiger partial charge in [0.2, 0.25) is 0 Å². The summed E-state index contributed by atoms with van der Waals surface area (Å²) in [5, 5.41) is 3.17. The molecular formula is C26H29N3O. The van der Waals surface area contributed by atoms with Gasteiger partial charge in [0.15, 0.2) is 0 Å². The van der Waals surface area contributed by atoms with Crippen molar-refractivity contribution in [3.05, 3.63) is 95.1 Å². The molecule has 0 fully saturated rings. The molecule has 3 aromatic rings. The minimum absolute atomic E-state index is 0.0302. The van der Waals surface area contributed by atoms with Gasteiger partial charge in [-0.25, -0.2) is 0 Å². The van der Waals surface area contributed by atoms with Crippen molar-refractivity contribution in [2.75, 3.05) is 37.0 Å². The zero-order valence-corrected chi connectivity index (χ0v) is 17.9. The summed E-state index contributed by atoms with van der Waals surface area (Å²) in [6.45, 7) is 3.54. The third kappa shape index (κ3) is 4.18. The van der Waals surface area contributed by atoms with Crippen LogP contribution in [0.4, 0.5) is 11.4 Å². The van der Waals surface area contributed by atoms with Crippen molar-refractivity contribution >= 4 is 17.3 Å².